The van der Waals surface area contributed by atoms with E-state index < -0.39 is 0 Å². The number of nitrogens with one attached hydrogen (secondary N) is 2. The molecule has 0 aromatic heterocycles. The molecule has 5 nitrogen and oxygen atoms in total. The fraction of sp³-hybridized carbons (Fsp3) is 0.364. The van der Waals surface area contributed by atoms with Gasteiger partial charge in [-0.2, -0.15) is 0 Å². The maximum Gasteiger partial charge on any atom is 0.261 e. The summed E-state index contributed by atoms with van der Waals surface area (Å²) in [6.45, 7) is 9.12. The Morgan fingerprint density at radius 1 is 1.11 bits per heavy atom. The Balaban J connectivity index is 3.40. The van der Waals surface area contributed by atoms with Gasteiger partial charge in [-0.3, -0.25) is 0 Å². The zero-order valence-corrected chi connectivity index (χ0v) is 11.8. The minimum atomic E-state index is 0.287. The molecular formula is C11H18N2O3S2. The van der Waals surface area contributed by atoms with E-state index in [-0.39, 0.29) is 5.17 Å². The SMILES string of the molecule is C=COC(=S)NCCOCCNC(OC=C)=S=C. The highest BCUT2D eigenvalue weighted by molar-refractivity contribution is 7.95. The molecule has 0 aliphatic rings. The predicted octanol–water partition coefficient (Wildman–Crippen LogP) is 1.04. The molecule has 0 radical (unpaired) electrons. The highest BCUT2D eigenvalue weighted by Crippen LogP contribution is 1.82. The molecule has 7 heteroatoms. The monoisotopic (exact) mass is 290 g/mol. The molecule has 0 rings (SSSR count). The van der Waals surface area contributed by atoms with Gasteiger partial charge in [-0.25, -0.2) is 5.32 Å². The van der Waals surface area contributed by atoms with Gasteiger partial charge in [-0.1, -0.05) is 13.2 Å². The van der Waals surface area contributed by atoms with Gasteiger partial charge in [0, 0.05) is 13.1 Å². The maximum atomic E-state index is 5.34. The fourth-order valence-corrected chi connectivity index (χ4v) is 1.38. The Morgan fingerprint density at radius 2 is 1.72 bits per heavy atom. The van der Waals surface area contributed by atoms with Crippen LogP contribution in [0.25, 0.3) is 0 Å². The van der Waals surface area contributed by atoms with Crippen LogP contribution in [0.3, 0.4) is 0 Å². The normalized spacial score (nSPS) is 9.11. The molecule has 0 aliphatic heterocycles. The molecule has 0 aromatic rings. The second-order valence-corrected chi connectivity index (χ2v) is 3.78. The van der Waals surface area contributed by atoms with Crippen molar-refractivity contribution in [1.29, 1.82) is 0 Å². The van der Waals surface area contributed by atoms with Gasteiger partial charge >= 0.3 is 0 Å². The van der Waals surface area contributed by atoms with Gasteiger partial charge < -0.3 is 19.5 Å². The molecule has 2 N–H and O–H groups in total. The van der Waals surface area contributed by atoms with E-state index in [1.807, 2.05) is 0 Å². The maximum absolute atomic E-state index is 5.34. The molecule has 0 aliphatic carbocycles. The van der Waals surface area contributed by atoms with Gasteiger partial charge in [0.1, 0.15) is 0 Å². The van der Waals surface area contributed by atoms with E-state index in [0.29, 0.717) is 31.5 Å². The molecule has 0 spiro atoms. The summed E-state index contributed by atoms with van der Waals surface area (Å²) >= 11 is 4.82. The number of ether oxygens (including phenoxy) is 3. The van der Waals surface area contributed by atoms with Crippen LogP contribution in [-0.4, -0.2) is 42.5 Å². The molecule has 0 aromatic carbocycles. The van der Waals surface area contributed by atoms with Gasteiger partial charge in [0.05, 0.1) is 25.7 Å². The van der Waals surface area contributed by atoms with Crippen molar-refractivity contribution in [2.45, 2.75) is 0 Å². The summed E-state index contributed by atoms with van der Waals surface area (Å²) in [4.78, 5) is 0. The average Bonchev–Trinajstić information content (AvgIpc) is 2.36. The lowest BCUT2D eigenvalue weighted by Gasteiger charge is -2.08. The second-order valence-electron chi connectivity index (χ2n) is 2.75. The number of thiocarbonyl (C=S) groups is 1. The predicted molar refractivity (Wildman–Crippen MR) is 81.7 cm³/mol. The van der Waals surface area contributed by atoms with Gasteiger partial charge in [0.25, 0.3) is 5.17 Å². The zero-order valence-electron chi connectivity index (χ0n) is 10.1. The van der Waals surface area contributed by atoms with Crippen LogP contribution in [0.15, 0.2) is 25.7 Å². The van der Waals surface area contributed by atoms with Gasteiger partial charge in [-0.05, 0) is 18.1 Å². The minimum absolute atomic E-state index is 0.287. The van der Waals surface area contributed by atoms with Gasteiger partial charge in [0.2, 0.25) is 5.17 Å². The summed E-state index contributed by atoms with van der Waals surface area (Å²) in [5.74, 6) is 3.63. The van der Waals surface area contributed by atoms with Crippen LogP contribution >= 0.6 is 23.2 Å². The Morgan fingerprint density at radius 3 is 2.28 bits per heavy atom. The van der Waals surface area contributed by atoms with E-state index in [1.165, 1.54) is 23.5 Å². The van der Waals surface area contributed by atoms with Crippen molar-refractivity contribution < 1.29 is 14.2 Å². The summed E-state index contributed by atoms with van der Waals surface area (Å²) < 4.78 is 15.2. The number of hydrogen-bond acceptors (Lipinski definition) is 4. The van der Waals surface area contributed by atoms with Crippen molar-refractivity contribution in [3.63, 3.8) is 0 Å². The minimum Gasteiger partial charge on any atom is -0.445 e. The van der Waals surface area contributed by atoms with Gasteiger partial charge in [0.15, 0.2) is 0 Å². The second kappa shape index (κ2) is 12.3. The highest BCUT2D eigenvalue weighted by atomic mass is 32.1. The van der Waals surface area contributed by atoms with Crippen LogP contribution in [0.5, 0.6) is 0 Å². The Hall–Kier alpha value is -1.15. The lowest BCUT2D eigenvalue weighted by Crippen LogP contribution is -2.29. The van der Waals surface area contributed by atoms with E-state index in [1.54, 1.807) is 0 Å². The van der Waals surface area contributed by atoms with E-state index in [9.17, 15) is 0 Å². The van der Waals surface area contributed by atoms with Crippen molar-refractivity contribution in [2.24, 2.45) is 0 Å². The summed E-state index contributed by atoms with van der Waals surface area (Å²) in [6, 6.07) is 0. The number of rotatable bonds is 8. The Labute approximate surface area is 116 Å². The number of hydrogen-bond donors (Lipinski definition) is 2. The van der Waals surface area contributed by atoms with E-state index in [2.05, 4.69) is 29.7 Å². The summed E-state index contributed by atoms with van der Waals surface area (Å²) in [6.07, 6.45) is 2.61. The van der Waals surface area contributed by atoms with Crippen LogP contribution in [0.1, 0.15) is 0 Å². The van der Waals surface area contributed by atoms with E-state index in [0.717, 1.165) is 0 Å². The topological polar surface area (TPSA) is 51.8 Å². The van der Waals surface area contributed by atoms with Crippen LogP contribution in [0, 0.1) is 0 Å². The smallest absolute Gasteiger partial charge is 0.261 e. The van der Waals surface area contributed by atoms with Crippen molar-refractivity contribution in [3.8, 4) is 0 Å². The molecule has 18 heavy (non-hydrogen) atoms. The first-order chi connectivity index (χ1) is 8.74. The summed E-state index contributed by atoms with van der Waals surface area (Å²) in [5, 5.41) is 6.73. The Kier molecular flexibility index (Phi) is 11.5. The lowest BCUT2D eigenvalue weighted by molar-refractivity contribution is 0.142. The van der Waals surface area contributed by atoms with Crippen LogP contribution in [0.2, 0.25) is 0 Å². The lowest BCUT2D eigenvalue weighted by atomic mass is 10.6. The largest absolute Gasteiger partial charge is 0.445 e. The van der Waals surface area contributed by atoms with E-state index >= 15 is 0 Å². The quantitative estimate of drug-likeness (QED) is 0.396. The Bertz CT molecular complexity index is 328. The summed E-state index contributed by atoms with van der Waals surface area (Å²) in [5.41, 5.74) is 0. The standard InChI is InChI=1S/C11H18N2O3S2/c1-4-15-10(17)12-6-8-14-9-7-13-11(18-3)16-5-2/h4-5,13H,1-3,6-9H2,(H,12,17). The average molecular weight is 290 g/mol. The molecule has 0 saturated carbocycles. The third kappa shape index (κ3) is 10.0. The first-order valence-corrected chi connectivity index (χ1v) is 6.57. The molecule has 102 valence electrons. The molecule has 0 unspecified atom stereocenters. The van der Waals surface area contributed by atoms with Crippen LogP contribution in [-0.2, 0) is 14.2 Å². The molecule has 0 bridgehead atoms. The molecule has 0 saturated heterocycles. The fourth-order valence-electron chi connectivity index (χ4n) is 0.872. The van der Waals surface area contributed by atoms with Crippen molar-refractivity contribution in [1.82, 2.24) is 10.6 Å². The third-order valence-corrected chi connectivity index (χ3v) is 2.29. The van der Waals surface area contributed by atoms with Crippen LogP contribution < -0.4 is 10.6 Å². The molecule has 0 fully saturated rings. The van der Waals surface area contributed by atoms with Crippen LogP contribution in [0.4, 0.5) is 0 Å². The first kappa shape index (κ1) is 16.9. The molecule has 0 heterocycles. The third-order valence-electron chi connectivity index (χ3n) is 1.54. The molecule has 0 amide bonds. The van der Waals surface area contributed by atoms with Gasteiger partial charge in [-0.15, -0.1) is 10.9 Å². The van der Waals surface area contributed by atoms with Crippen molar-refractivity contribution in [2.75, 3.05) is 26.3 Å². The molecule has 0 atom stereocenters. The molecular weight excluding hydrogens is 272 g/mol. The first-order valence-electron chi connectivity index (χ1n) is 5.18. The van der Waals surface area contributed by atoms with Crippen molar-refractivity contribution >= 4 is 39.4 Å². The van der Waals surface area contributed by atoms with E-state index in [4.69, 9.17) is 26.4 Å². The zero-order chi connectivity index (χ0) is 13.6. The van der Waals surface area contributed by atoms with Crippen molar-refractivity contribution in [3.05, 3.63) is 25.7 Å². The summed E-state index contributed by atoms with van der Waals surface area (Å²) in [7, 11) is 1.22. The highest BCUT2D eigenvalue weighted by Gasteiger charge is 1.95.